The summed E-state index contributed by atoms with van der Waals surface area (Å²) in [6.45, 7) is 9.55. The van der Waals surface area contributed by atoms with E-state index in [2.05, 4.69) is 10.3 Å². The zero-order chi connectivity index (χ0) is 20.2. The topological polar surface area (TPSA) is 71.5 Å². The van der Waals surface area contributed by atoms with Crippen LogP contribution >= 0.6 is 0 Å². The molecule has 1 aromatic carbocycles. The smallest absolute Gasteiger partial charge is 0.153 e. The van der Waals surface area contributed by atoms with Gasteiger partial charge in [-0.2, -0.15) is 0 Å². The minimum atomic E-state index is -1.14. The van der Waals surface area contributed by atoms with Crippen molar-refractivity contribution < 1.29 is 19.0 Å². The Morgan fingerprint density at radius 1 is 1.37 bits per heavy atom. The SMILES string of the molecule is CCOc1c(C=O)cc(C)cc1-c1ccc(F)c(CN[C@](C)(O)C(C)C)n1. The fourth-order valence-electron chi connectivity index (χ4n) is 2.61. The van der Waals surface area contributed by atoms with E-state index in [-0.39, 0.29) is 18.2 Å². The molecule has 27 heavy (non-hydrogen) atoms. The van der Waals surface area contributed by atoms with Crippen molar-refractivity contribution in [2.45, 2.75) is 46.9 Å². The minimum Gasteiger partial charge on any atom is -0.492 e. The first-order valence-corrected chi connectivity index (χ1v) is 9.05. The molecule has 0 fully saturated rings. The number of nitrogens with one attached hydrogen (secondary N) is 1. The van der Waals surface area contributed by atoms with Gasteiger partial charge in [0.2, 0.25) is 0 Å². The van der Waals surface area contributed by atoms with Crippen LogP contribution in [0.1, 0.15) is 49.3 Å². The first-order chi connectivity index (χ1) is 12.7. The van der Waals surface area contributed by atoms with Gasteiger partial charge in [0.05, 0.1) is 23.6 Å². The second-order valence-corrected chi connectivity index (χ2v) is 7.06. The van der Waals surface area contributed by atoms with Gasteiger partial charge in [-0.15, -0.1) is 0 Å². The number of carbonyl (C=O) groups excluding carboxylic acids is 1. The molecule has 6 heteroatoms. The molecule has 2 aromatic rings. The fourth-order valence-corrected chi connectivity index (χ4v) is 2.61. The molecule has 0 unspecified atom stereocenters. The van der Waals surface area contributed by atoms with Crippen LogP contribution in [0.3, 0.4) is 0 Å². The summed E-state index contributed by atoms with van der Waals surface area (Å²) in [4.78, 5) is 15.9. The Morgan fingerprint density at radius 2 is 2.07 bits per heavy atom. The standard InChI is InChI=1S/C21H27FN2O3/c1-6-27-20-15(12-25)9-14(4)10-16(20)18-8-7-17(22)19(24-18)11-23-21(5,26)13(2)3/h7-10,12-13,23,26H,6,11H2,1-5H3/t21-/m1/s1. The Balaban J connectivity index is 2.46. The van der Waals surface area contributed by atoms with Crippen LogP contribution in [0.15, 0.2) is 24.3 Å². The van der Waals surface area contributed by atoms with Gasteiger partial charge < -0.3 is 9.84 Å². The lowest BCUT2D eigenvalue weighted by Crippen LogP contribution is -2.46. The van der Waals surface area contributed by atoms with Crippen LogP contribution in [0.25, 0.3) is 11.3 Å². The van der Waals surface area contributed by atoms with Crippen LogP contribution in [0.4, 0.5) is 4.39 Å². The molecule has 146 valence electrons. The molecule has 0 amide bonds. The number of hydrogen-bond acceptors (Lipinski definition) is 5. The van der Waals surface area contributed by atoms with Crippen molar-refractivity contribution in [3.05, 3.63) is 46.9 Å². The van der Waals surface area contributed by atoms with Gasteiger partial charge in [-0.05, 0) is 56.5 Å². The largest absolute Gasteiger partial charge is 0.492 e. The van der Waals surface area contributed by atoms with Crippen molar-refractivity contribution in [3.8, 4) is 17.0 Å². The van der Waals surface area contributed by atoms with Crippen LogP contribution in [0, 0.1) is 18.7 Å². The highest BCUT2D eigenvalue weighted by Crippen LogP contribution is 2.33. The molecule has 0 bridgehead atoms. The molecule has 1 aromatic heterocycles. The van der Waals surface area contributed by atoms with E-state index in [0.29, 0.717) is 29.2 Å². The maximum atomic E-state index is 14.3. The Kier molecular flexibility index (Phi) is 6.68. The Morgan fingerprint density at radius 3 is 2.67 bits per heavy atom. The van der Waals surface area contributed by atoms with Crippen molar-refractivity contribution >= 4 is 6.29 Å². The van der Waals surface area contributed by atoms with E-state index in [0.717, 1.165) is 11.8 Å². The first-order valence-electron chi connectivity index (χ1n) is 9.05. The van der Waals surface area contributed by atoms with Crippen molar-refractivity contribution in [2.24, 2.45) is 5.92 Å². The zero-order valence-corrected chi connectivity index (χ0v) is 16.5. The fraction of sp³-hybridized carbons (Fsp3) is 0.429. The molecule has 1 atom stereocenters. The second kappa shape index (κ2) is 8.59. The van der Waals surface area contributed by atoms with E-state index < -0.39 is 11.5 Å². The molecule has 0 radical (unpaired) electrons. The van der Waals surface area contributed by atoms with Crippen molar-refractivity contribution in [1.82, 2.24) is 10.3 Å². The summed E-state index contributed by atoms with van der Waals surface area (Å²) >= 11 is 0. The predicted octanol–water partition coefficient (Wildman–Crippen LogP) is 3.86. The molecule has 2 N–H and O–H groups in total. The van der Waals surface area contributed by atoms with E-state index in [9.17, 15) is 14.3 Å². The number of hydrogen-bond donors (Lipinski definition) is 2. The van der Waals surface area contributed by atoms with Gasteiger partial charge in [-0.25, -0.2) is 9.37 Å². The molecular weight excluding hydrogens is 347 g/mol. The van der Waals surface area contributed by atoms with E-state index in [1.54, 1.807) is 19.1 Å². The van der Waals surface area contributed by atoms with E-state index in [4.69, 9.17) is 4.74 Å². The molecule has 0 aliphatic heterocycles. The minimum absolute atomic E-state index is 0.0553. The molecule has 0 spiro atoms. The number of aromatic nitrogens is 1. The molecule has 0 saturated carbocycles. The number of pyridine rings is 1. The average molecular weight is 374 g/mol. The number of benzene rings is 1. The van der Waals surface area contributed by atoms with Gasteiger partial charge in [-0.1, -0.05) is 13.8 Å². The Hall–Kier alpha value is -2.31. The van der Waals surface area contributed by atoms with Crippen molar-refractivity contribution in [1.29, 1.82) is 0 Å². The molecule has 1 heterocycles. The van der Waals surface area contributed by atoms with E-state index >= 15 is 0 Å². The highest BCUT2D eigenvalue weighted by molar-refractivity contribution is 5.86. The summed E-state index contributed by atoms with van der Waals surface area (Å²) in [5, 5.41) is 13.3. The molecule has 2 rings (SSSR count). The molecule has 0 saturated heterocycles. The van der Waals surface area contributed by atoms with Gasteiger partial charge >= 0.3 is 0 Å². The van der Waals surface area contributed by atoms with Gasteiger partial charge in [0.1, 0.15) is 17.3 Å². The van der Waals surface area contributed by atoms with Crippen molar-refractivity contribution in [2.75, 3.05) is 6.61 Å². The third-order valence-electron chi connectivity index (χ3n) is 4.61. The first kappa shape index (κ1) is 21.0. The van der Waals surface area contributed by atoms with Gasteiger partial charge in [-0.3, -0.25) is 10.1 Å². The predicted molar refractivity (Wildman–Crippen MR) is 103 cm³/mol. The lowest BCUT2D eigenvalue weighted by Gasteiger charge is -2.29. The second-order valence-electron chi connectivity index (χ2n) is 7.06. The molecule has 5 nitrogen and oxygen atoms in total. The van der Waals surface area contributed by atoms with Gasteiger partial charge in [0, 0.05) is 12.1 Å². The summed E-state index contributed by atoms with van der Waals surface area (Å²) in [7, 11) is 0. The number of halogens is 1. The van der Waals surface area contributed by atoms with E-state index in [1.807, 2.05) is 33.8 Å². The summed E-state index contributed by atoms with van der Waals surface area (Å²) < 4.78 is 19.9. The highest BCUT2D eigenvalue weighted by Gasteiger charge is 2.24. The third-order valence-corrected chi connectivity index (χ3v) is 4.61. The number of carbonyl (C=O) groups is 1. The van der Waals surface area contributed by atoms with Crippen LogP contribution in [-0.4, -0.2) is 28.7 Å². The van der Waals surface area contributed by atoms with E-state index in [1.165, 1.54) is 6.07 Å². The molecule has 0 aliphatic carbocycles. The summed E-state index contributed by atoms with van der Waals surface area (Å²) in [5.74, 6) is -0.0856. The summed E-state index contributed by atoms with van der Waals surface area (Å²) in [5.41, 5.74) is 1.49. The number of aldehydes is 1. The number of aliphatic hydroxyl groups is 1. The van der Waals surface area contributed by atoms with Crippen molar-refractivity contribution in [3.63, 3.8) is 0 Å². The average Bonchev–Trinajstić information content (AvgIpc) is 2.62. The quantitative estimate of drug-likeness (QED) is 0.542. The van der Waals surface area contributed by atoms with Gasteiger partial charge in [0.25, 0.3) is 0 Å². The number of ether oxygens (including phenoxy) is 1. The zero-order valence-electron chi connectivity index (χ0n) is 16.5. The summed E-state index contributed by atoms with van der Waals surface area (Å²) in [6.07, 6.45) is 0.743. The van der Waals surface area contributed by atoms with Gasteiger partial charge in [0.15, 0.2) is 6.29 Å². The third kappa shape index (κ3) is 4.90. The normalized spacial score (nSPS) is 13.5. The number of rotatable bonds is 8. The highest BCUT2D eigenvalue weighted by atomic mass is 19.1. The summed E-state index contributed by atoms with van der Waals surface area (Å²) in [6, 6.07) is 6.50. The number of aryl methyl sites for hydroxylation is 1. The van der Waals surface area contributed by atoms with Crippen LogP contribution < -0.4 is 10.1 Å². The Bertz CT molecular complexity index is 819. The number of nitrogens with zero attached hydrogens (tertiary/aromatic N) is 1. The maximum absolute atomic E-state index is 14.3. The molecular formula is C21H27FN2O3. The molecule has 0 aliphatic rings. The van der Waals surface area contributed by atoms with Crippen LogP contribution in [0.5, 0.6) is 5.75 Å². The monoisotopic (exact) mass is 374 g/mol. The Labute approximate surface area is 159 Å². The van der Waals surface area contributed by atoms with Crippen LogP contribution in [0.2, 0.25) is 0 Å². The maximum Gasteiger partial charge on any atom is 0.153 e. The van der Waals surface area contributed by atoms with Crippen LogP contribution in [-0.2, 0) is 6.54 Å². The lowest BCUT2D eigenvalue weighted by atomic mass is 10.0. The lowest BCUT2D eigenvalue weighted by molar-refractivity contribution is -0.0219.